The van der Waals surface area contributed by atoms with Gasteiger partial charge in [0.2, 0.25) is 0 Å². The minimum atomic E-state index is -3.77. The zero-order valence-electron chi connectivity index (χ0n) is 22.1. The van der Waals surface area contributed by atoms with E-state index >= 15 is 0 Å². The molecule has 1 saturated heterocycles. The van der Waals surface area contributed by atoms with E-state index in [2.05, 4.69) is 54.7 Å². The summed E-state index contributed by atoms with van der Waals surface area (Å²) in [7, 11) is -6.67. The highest BCUT2D eigenvalue weighted by molar-refractivity contribution is 7.93. The topological polar surface area (TPSA) is 88.6 Å². The van der Waals surface area contributed by atoms with E-state index in [0.717, 1.165) is 10.4 Å². The standard InChI is InChI=1S/C29H31N3O4S2Si/c1-29(2,3)39(24-10-6-4-7-11-24,25-12-8-5-9-13-25)36-26-18-20-32(27(26)33)22-14-16-23(17-15-22)38(34,35)31-28-30-19-21-37-28/h4-17,19,21,26H,18,20H2,1-3H3,(H,30,31). The number of amides is 1. The maximum absolute atomic E-state index is 13.8. The quantitative estimate of drug-likeness (QED) is 0.309. The van der Waals surface area contributed by atoms with Crippen molar-refractivity contribution in [2.24, 2.45) is 0 Å². The van der Waals surface area contributed by atoms with Gasteiger partial charge in [0.05, 0.1) is 4.90 Å². The van der Waals surface area contributed by atoms with Crippen LogP contribution < -0.4 is 20.0 Å². The van der Waals surface area contributed by atoms with Gasteiger partial charge in [-0.05, 0) is 46.1 Å². The van der Waals surface area contributed by atoms with Crippen LogP contribution in [0.3, 0.4) is 0 Å². The van der Waals surface area contributed by atoms with Crippen molar-refractivity contribution in [1.29, 1.82) is 0 Å². The Bertz CT molecular complexity index is 1480. The van der Waals surface area contributed by atoms with Crippen LogP contribution in [-0.4, -0.2) is 40.3 Å². The van der Waals surface area contributed by atoms with Crippen LogP contribution in [0.1, 0.15) is 27.2 Å². The summed E-state index contributed by atoms with van der Waals surface area (Å²) in [4.78, 5) is 19.5. The lowest BCUT2D eigenvalue weighted by molar-refractivity contribution is -0.123. The second-order valence-corrected chi connectivity index (χ2v) is 17.3. The zero-order valence-corrected chi connectivity index (χ0v) is 24.7. The summed E-state index contributed by atoms with van der Waals surface area (Å²) in [5.74, 6) is -0.112. The van der Waals surface area contributed by atoms with Crippen LogP contribution in [0.25, 0.3) is 0 Å². The number of aromatic nitrogens is 1. The molecule has 1 aliphatic heterocycles. The summed E-state index contributed by atoms with van der Waals surface area (Å²) in [6.07, 6.45) is 1.48. The predicted molar refractivity (Wildman–Crippen MR) is 159 cm³/mol. The van der Waals surface area contributed by atoms with Crippen molar-refractivity contribution >= 4 is 56.8 Å². The second kappa shape index (κ2) is 10.7. The summed E-state index contributed by atoms with van der Waals surface area (Å²) >= 11 is 1.21. The number of nitrogens with one attached hydrogen (secondary N) is 1. The summed E-state index contributed by atoms with van der Waals surface area (Å²) in [5, 5.41) is 4.00. The summed E-state index contributed by atoms with van der Waals surface area (Å²) < 4.78 is 35.0. The lowest BCUT2D eigenvalue weighted by Gasteiger charge is -2.44. The van der Waals surface area contributed by atoms with Crippen LogP contribution in [0, 0.1) is 0 Å². The van der Waals surface area contributed by atoms with E-state index in [9.17, 15) is 13.2 Å². The number of carbonyl (C=O) groups excluding carboxylic acids is 1. The summed E-state index contributed by atoms with van der Waals surface area (Å²) in [6, 6.07) is 26.9. The Kier molecular flexibility index (Phi) is 7.47. The van der Waals surface area contributed by atoms with Gasteiger partial charge in [-0.25, -0.2) is 13.4 Å². The SMILES string of the molecule is CC(C)(C)[Si](OC1CCN(c2ccc(S(=O)(=O)Nc3nccs3)cc2)C1=O)(c1ccccc1)c1ccccc1. The molecule has 10 heteroatoms. The molecule has 1 aliphatic rings. The number of sulfonamides is 1. The average molecular weight is 578 g/mol. The number of carbonyl (C=O) groups is 1. The van der Waals surface area contributed by atoms with Crippen molar-refractivity contribution in [2.45, 2.75) is 43.2 Å². The van der Waals surface area contributed by atoms with Gasteiger partial charge in [-0.2, -0.15) is 0 Å². The van der Waals surface area contributed by atoms with Crippen molar-refractivity contribution < 1.29 is 17.6 Å². The Morgan fingerprint density at radius 1 is 0.949 bits per heavy atom. The Morgan fingerprint density at radius 2 is 1.54 bits per heavy atom. The molecule has 0 radical (unpaired) electrons. The Hall–Kier alpha value is -3.31. The third kappa shape index (κ3) is 5.29. The first-order valence-electron chi connectivity index (χ1n) is 12.7. The highest BCUT2D eigenvalue weighted by Gasteiger charge is 2.53. The molecule has 1 unspecified atom stereocenters. The highest BCUT2D eigenvalue weighted by Crippen LogP contribution is 2.39. The van der Waals surface area contributed by atoms with Gasteiger partial charge in [-0.3, -0.25) is 9.52 Å². The van der Waals surface area contributed by atoms with Crippen LogP contribution in [0.4, 0.5) is 10.8 Å². The molecular formula is C29H31N3O4S2Si. The molecule has 2 heterocycles. The molecule has 0 spiro atoms. The van der Waals surface area contributed by atoms with E-state index in [1.54, 1.807) is 22.4 Å². The minimum Gasteiger partial charge on any atom is -0.395 e. The molecule has 1 atom stereocenters. The fourth-order valence-electron chi connectivity index (χ4n) is 5.18. The second-order valence-electron chi connectivity index (χ2n) is 10.5. The molecule has 0 bridgehead atoms. The molecule has 5 rings (SSSR count). The van der Waals surface area contributed by atoms with E-state index in [-0.39, 0.29) is 15.8 Å². The van der Waals surface area contributed by atoms with Crippen molar-refractivity contribution in [1.82, 2.24) is 4.98 Å². The number of hydrogen-bond acceptors (Lipinski definition) is 6. The van der Waals surface area contributed by atoms with E-state index in [1.165, 1.54) is 29.7 Å². The Morgan fingerprint density at radius 3 is 2.05 bits per heavy atom. The monoisotopic (exact) mass is 577 g/mol. The van der Waals surface area contributed by atoms with Crippen molar-refractivity contribution in [3.8, 4) is 0 Å². The average Bonchev–Trinajstić information content (AvgIpc) is 3.56. The molecule has 0 saturated carbocycles. The smallest absolute Gasteiger partial charge is 0.263 e. The fourth-order valence-corrected chi connectivity index (χ4v) is 11.6. The molecule has 1 fully saturated rings. The van der Waals surface area contributed by atoms with Gasteiger partial charge >= 0.3 is 0 Å². The Balaban J connectivity index is 1.42. The van der Waals surface area contributed by atoms with Crippen molar-refractivity contribution in [3.63, 3.8) is 0 Å². The van der Waals surface area contributed by atoms with Crippen LogP contribution in [0.2, 0.25) is 5.04 Å². The molecule has 39 heavy (non-hydrogen) atoms. The molecule has 4 aromatic rings. The van der Waals surface area contributed by atoms with Gasteiger partial charge in [0, 0.05) is 23.8 Å². The normalized spacial score (nSPS) is 16.4. The molecule has 1 amide bonds. The highest BCUT2D eigenvalue weighted by atomic mass is 32.2. The predicted octanol–water partition coefficient (Wildman–Crippen LogP) is 4.63. The number of anilines is 2. The third-order valence-corrected chi connectivity index (χ3v) is 14.2. The van der Waals surface area contributed by atoms with E-state index in [0.29, 0.717) is 23.8 Å². The maximum Gasteiger partial charge on any atom is 0.263 e. The fraction of sp³-hybridized carbons (Fsp3) is 0.241. The van der Waals surface area contributed by atoms with Crippen LogP contribution >= 0.6 is 11.3 Å². The molecule has 3 aromatic carbocycles. The molecule has 7 nitrogen and oxygen atoms in total. The van der Waals surface area contributed by atoms with Gasteiger partial charge in [-0.15, -0.1) is 11.3 Å². The van der Waals surface area contributed by atoms with Gasteiger partial charge in [0.1, 0.15) is 6.10 Å². The van der Waals surface area contributed by atoms with Crippen LogP contribution in [-0.2, 0) is 19.2 Å². The summed E-state index contributed by atoms with van der Waals surface area (Å²) in [5.41, 5.74) is 0.641. The number of nitrogens with zero attached hydrogens (tertiary/aromatic N) is 2. The van der Waals surface area contributed by atoms with E-state index in [4.69, 9.17) is 4.43 Å². The van der Waals surface area contributed by atoms with Crippen LogP contribution in [0.15, 0.2) is 101 Å². The van der Waals surface area contributed by atoms with Crippen LogP contribution in [0.5, 0.6) is 0 Å². The van der Waals surface area contributed by atoms with Crippen molar-refractivity contribution in [3.05, 3.63) is 96.5 Å². The van der Waals surface area contributed by atoms with E-state index < -0.39 is 24.4 Å². The first-order chi connectivity index (χ1) is 18.6. The molecule has 0 aliphatic carbocycles. The largest absolute Gasteiger partial charge is 0.395 e. The van der Waals surface area contributed by atoms with Gasteiger partial charge < -0.3 is 9.33 Å². The lowest BCUT2D eigenvalue weighted by Crippen LogP contribution is -2.68. The van der Waals surface area contributed by atoms with E-state index in [1.807, 2.05) is 36.4 Å². The number of benzene rings is 3. The number of rotatable bonds is 8. The number of thiazole rings is 1. The summed E-state index contributed by atoms with van der Waals surface area (Å²) in [6.45, 7) is 7.06. The maximum atomic E-state index is 13.8. The third-order valence-electron chi connectivity index (χ3n) is 7.00. The molecular weight excluding hydrogens is 547 g/mol. The van der Waals surface area contributed by atoms with Gasteiger partial charge in [0.15, 0.2) is 5.13 Å². The minimum absolute atomic E-state index is 0.105. The van der Waals surface area contributed by atoms with Gasteiger partial charge in [-0.1, -0.05) is 81.4 Å². The molecule has 202 valence electrons. The molecule has 1 aromatic heterocycles. The Labute approximate surface area is 234 Å². The zero-order chi connectivity index (χ0) is 27.7. The van der Waals surface area contributed by atoms with Gasteiger partial charge in [0.25, 0.3) is 24.2 Å². The first-order valence-corrected chi connectivity index (χ1v) is 17.0. The van der Waals surface area contributed by atoms with Crippen molar-refractivity contribution in [2.75, 3.05) is 16.2 Å². The lowest BCUT2D eigenvalue weighted by atomic mass is 10.2. The first kappa shape index (κ1) is 27.3. The molecule has 1 N–H and O–H groups in total. The number of hydrogen-bond donors (Lipinski definition) is 1.